The maximum atomic E-state index is 12.4. The summed E-state index contributed by atoms with van der Waals surface area (Å²) in [5.41, 5.74) is 0.973. The number of carbonyl (C=O) groups is 2. The van der Waals surface area contributed by atoms with E-state index in [0.29, 0.717) is 13.0 Å². The summed E-state index contributed by atoms with van der Waals surface area (Å²) in [5.74, 6) is 0.0525. The molecule has 1 saturated heterocycles. The zero-order valence-corrected chi connectivity index (χ0v) is 13.4. The Morgan fingerprint density at radius 1 is 1.30 bits per heavy atom. The highest BCUT2D eigenvalue weighted by Gasteiger charge is 2.34. The first-order valence-corrected chi connectivity index (χ1v) is 7.53. The Morgan fingerprint density at radius 2 is 1.95 bits per heavy atom. The first-order valence-electron chi connectivity index (χ1n) is 6.74. The molecule has 2 amide bonds. The molecule has 1 atom stereocenters. The number of nitrogens with zero attached hydrogens (tertiary/aromatic N) is 2. The van der Waals surface area contributed by atoms with Crippen LogP contribution in [-0.4, -0.2) is 48.3 Å². The van der Waals surface area contributed by atoms with Gasteiger partial charge in [-0.25, -0.2) is 0 Å². The minimum Gasteiger partial charge on any atom is -0.347 e. The van der Waals surface area contributed by atoms with E-state index in [9.17, 15) is 9.59 Å². The number of benzene rings is 1. The molecule has 1 aromatic rings. The summed E-state index contributed by atoms with van der Waals surface area (Å²) in [5, 5.41) is 0. The fraction of sp³-hybridized carbons (Fsp3) is 0.467. The second kappa shape index (κ2) is 6.39. The quantitative estimate of drug-likeness (QED) is 0.846. The van der Waals surface area contributed by atoms with Gasteiger partial charge >= 0.3 is 0 Å². The van der Waals surface area contributed by atoms with Crippen molar-refractivity contribution in [2.45, 2.75) is 25.3 Å². The van der Waals surface area contributed by atoms with Crippen LogP contribution in [0.15, 0.2) is 28.7 Å². The Bertz CT molecular complexity index is 499. The van der Waals surface area contributed by atoms with Gasteiger partial charge in [-0.3, -0.25) is 9.59 Å². The van der Waals surface area contributed by atoms with Gasteiger partial charge in [0, 0.05) is 25.1 Å². The summed E-state index contributed by atoms with van der Waals surface area (Å²) < 4.78 is 0.996. The summed E-state index contributed by atoms with van der Waals surface area (Å²) >= 11 is 3.38. The van der Waals surface area contributed by atoms with Crippen molar-refractivity contribution >= 4 is 27.7 Å². The van der Waals surface area contributed by atoms with Gasteiger partial charge in [0.05, 0.1) is 6.42 Å². The third kappa shape index (κ3) is 3.39. The Balaban J connectivity index is 2.04. The number of rotatable bonds is 3. The zero-order valence-electron chi connectivity index (χ0n) is 11.8. The maximum absolute atomic E-state index is 12.4. The van der Waals surface area contributed by atoms with Crippen molar-refractivity contribution in [3.63, 3.8) is 0 Å². The molecule has 0 radical (unpaired) electrons. The highest BCUT2D eigenvalue weighted by atomic mass is 79.9. The van der Waals surface area contributed by atoms with E-state index in [1.54, 1.807) is 23.9 Å². The standard InChI is InChI=1S/C15H19BrN2O2/c1-17(2)15(20)13-4-3-9-18(13)14(19)10-11-5-7-12(16)8-6-11/h5-8,13H,3-4,9-10H2,1-2H3. The Kier molecular flexibility index (Phi) is 4.81. The lowest BCUT2D eigenvalue weighted by atomic mass is 10.1. The van der Waals surface area contributed by atoms with Crippen molar-refractivity contribution in [1.82, 2.24) is 9.80 Å². The zero-order chi connectivity index (χ0) is 14.7. The van der Waals surface area contributed by atoms with Gasteiger partial charge in [0.15, 0.2) is 0 Å². The Labute approximate surface area is 127 Å². The predicted octanol–water partition coefficient (Wildman–Crippen LogP) is 2.07. The predicted molar refractivity (Wildman–Crippen MR) is 81.3 cm³/mol. The van der Waals surface area contributed by atoms with Gasteiger partial charge in [-0.2, -0.15) is 0 Å². The van der Waals surface area contributed by atoms with Crippen molar-refractivity contribution in [3.8, 4) is 0 Å². The molecule has 1 aromatic carbocycles. The maximum Gasteiger partial charge on any atom is 0.244 e. The van der Waals surface area contributed by atoms with Gasteiger partial charge < -0.3 is 9.80 Å². The second-order valence-corrected chi connectivity index (χ2v) is 6.20. The lowest BCUT2D eigenvalue weighted by molar-refractivity contribution is -0.141. The summed E-state index contributed by atoms with van der Waals surface area (Å²) in [4.78, 5) is 27.8. The van der Waals surface area contributed by atoms with Crippen molar-refractivity contribution in [2.24, 2.45) is 0 Å². The van der Waals surface area contributed by atoms with Gasteiger partial charge in [-0.1, -0.05) is 28.1 Å². The number of amides is 2. The van der Waals surface area contributed by atoms with Crippen molar-refractivity contribution < 1.29 is 9.59 Å². The molecule has 2 rings (SSSR count). The van der Waals surface area contributed by atoms with Crippen LogP contribution < -0.4 is 0 Å². The molecule has 0 bridgehead atoms. The number of halogens is 1. The van der Waals surface area contributed by atoms with E-state index in [0.717, 1.165) is 22.9 Å². The minimum absolute atomic E-state index is 0.0201. The molecule has 0 saturated carbocycles. The fourth-order valence-electron chi connectivity index (χ4n) is 2.50. The molecule has 108 valence electrons. The molecular formula is C15H19BrN2O2. The topological polar surface area (TPSA) is 40.6 Å². The molecule has 4 nitrogen and oxygen atoms in total. The summed E-state index contributed by atoms with van der Waals surface area (Å²) in [6.45, 7) is 0.680. The molecule has 1 aliphatic heterocycles. The molecule has 0 N–H and O–H groups in total. The van der Waals surface area contributed by atoms with Gasteiger partial charge in [-0.05, 0) is 30.5 Å². The van der Waals surface area contributed by atoms with Crippen LogP contribution in [0.2, 0.25) is 0 Å². The average molecular weight is 339 g/mol. The molecule has 1 fully saturated rings. The molecular weight excluding hydrogens is 320 g/mol. The van der Waals surface area contributed by atoms with Crippen LogP contribution >= 0.6 is 15.9 Å². The van der Waals surface area contributed by atoms with Gasteiger partial charge in [0.2, 0.25) is 11.8 Å². The SMILES string of the molecule is CN(C)C(=O)C1CCCN1C(=O)Cc1ccc(Br)cc1. The number of carbonyl (C=O) groups excluding carboxylic acids is 2. The van der Waals surface area contributed by atoms with E-state index in [2.05, 4.69) is 15.9 Å². The van der Waals surface area contributed by atoms with Crippen LogP contribution in [0, 0.1) is 0 Å². The lowest BCUT2D eigenvalue weighted by Crippen LogP contribution is -2.45. The van der Waals surface area contributed by atoms with Crippen molar-refractivity contribution in [3.05, 3.63) is 34.3 Å². The van der Waals surface area contributed by atoms with E-state index < -0.39 is 0 Å². The number of hydrogen-bond acceptors (Lipinski definition) is 2. The number of hydrogen-bond donors (Lipinski definition) is 0. The number of likely N-dealkylation sites (N-methyl/N-ethyl adjacent to an activating group) is 1. The molecule has 1 heterocycles. The van der Waals surface area contributed by atoms with E-state index in [1.807, 2.05) is 24.3 Å². The molecule has 20 heavy (non-hydrogen) atoms. The smallest absolute Gasteiger partial charge is 0.244 e. The van der Waals surface area contributed by atoms with E-state index in [-0.39, 0.29) is 17.9 Å². The van der Waals surface area contributed by atoms with E-state index in [4.69, 9.17) is 0 Å². The van der Waals surface area contributed by atoms with Gasteiger partial charge in [0.25, 0.3) is 0 Å². The van der Waals surface area contributed by atoms with Crippen LogP contribution in [0.3, 0.4) is 0 Å². The minimum atomic E-state index is -0.284. The largest absolute Gasteiger partial charge is 0.347 e. The van der Waals surface area contributed by atoms with Crippen LogP contribution in [0.25, 0.3) is 0 Å². The summed E-state index contributed by atoms with van der Waals surface area (Å²) in [6.07, 6.45) is 2.02. The average Bonchev–Trinajstić information content (AvgIpc) is 2.89. The molecule has 0 aromatic heterocycles. The normalized spacial score (nSPS) is 18.1. The molecule has 5 heteroatoms. The number of likely N-dealkylation sites (tertiary alicyclic amines) is 1. The van der Waals surface area contributed by atoms with E-state index >= 15 is 0 Å². The lowest BCUT2D eigenvalue weighted by Gasteiger charge is -2.26. The van der Waals surface area contributed by atoms with Crippen molar-refractivity contribution in [2.75, 3.05) is 20.6 Å². The molecule has 0 spiro atoms. The van der Waals surface area contributed by atoms with Crippen LogP contribution in [0.5, 0.6) is 0 Å². The summed E-state index contributed by atoms with van der Waals surface area (Å²) in [7, 11) is 3.47. The Hall–Kier alpha value is -1.36. The van der Waals surface area contributed by atoms with Gasteiger partial charge in [0.1, 0.15) is 6.04 Å². The van der Waals surface area contributed by atoms with Crippen LogP contribution in [0.1, 0.15) is 18.4 Å². The van der Waals surface area contributed by atoms with Crippen LogP contribution in [0.4, 0.5) is 0 Å². The second-order valence-electron chi connectivity index (χ2n) is 5.28. The Morgan fingerprint density at radius 3 is 2.55 bits per heavy atom. The van der Waals surface area contributed by atoms with Crippen molar-refractivity contribution in [1.29, 1.82) is 0 Å². The highest BCUT2D eigenvalue weighted by molar-refractivity contribution is 9.10. The van der Waals surface area contributed by atoms with E-state index in [1.165, 1.54) is 0 Å². The third-order valence-corrected chi connectivity index (χ3v) is 4.10. The first-order chi connectivity index (χ1) is 9.49. The molecule has 1 aliphatic rings. The van der Waals surface area contributed by atoms with Gasteiger partial charge in [-0.15, -0.1) is 0 Å². The molecule has 1 unspecified atom stereocenters. The third-order valence-electron chi connectivity index (χ3n) is 3.57. The molecule has 0 aliphatic carbocycles. The first kappa shape index (κ1) is 15.0. The fourth-order valence-corrected chi connectivity index (χ4v) is 2.76. The summed E-state index contributed by atoms with van der Waals surface area (Å²) in [6, 6.07) is 7.43. The van der Waals surface area contributed by atoms with Crippen LogP contribution in [-0.2, 0) is 16.0 Å². The monoisotopic (exact) mass is 338 g/mol. The highest BCUT2D eigenvalue weighted by Crippen LogP contribution is 2.20.